The van der Waals surface area contributed by atoms with Crippen LogP contribution in [0.3, 0.4) is 0 Å². The van der Waals surface area contributed by atoms with Gasteiger partial charge in [0.15, 0.2) is 5.13 Å². The zero-order valence-electron chi connectivity index (χ0n) is 22.7. The van der Waals surface area contributed by atoms with Crippen molar-refractivity contribution < 1.29 is 14.4 Å². The third kappa shape index (κ3) is 4.25. The molecule has 4 aromatic rings. The van der Waals surface area contributed by atoms with Crippen molar-refractivity contribution in [3.63, 3.8) is 0 Å². The van der Waals surface area contributed by atoms with Crippen molar-refractivity contribution in [1.82, 2.24) is 9.88 Å². The predicted molar refractivity (Wildman–Crippen MR) is 160 cm³/mol. The van der Waals surface area contributed by atoms with Crippen molar-refractivity contribution in [3.8, 4) is 0 Å². The van der Waals surface area contributed by atoms with Gasteiger partial charge in [0.1, 0.15) is 5.69 Å². The molecule has 1 N–H and O–H groups in total. The summed E-state index contributed by atoms with van der Waals surface area (Å²) >= 11 is 1.18. The molecule has 2 heterocycles. The van der Waals surface area contributed by atoms with Crippen molar-refractivity contribution in [1.29, 1.82) is 0 Å². The zero-order chi connectivity index (χ0) is 28.1. The average molecular weight is 563 g/mol. The minimum atomic E-state index is -0.683. The number of amides is 2. The number of Topliss-reactive ketones (excluding diaryl/α,β-unsaturated/α-hetero) is 1. The molecule has 1 unspecified atom stereocenters. The van der Waals surface area contributed by atoms with E-state index in [0.29, 0.717) is 37.7 Å². The van der Waals surface area contributed by atoms with Gasteiger partial charge in [-0.1, -0.05) is 66.7 Å². The van der Waals surface area contributed by atoms with Gasteiger partial charge >= 0.3 is 0 Å². The fraction of sp³-hybridized carbons (Fsp3) is 0.273. The maximum absolute atomic E-state index is 13.9. The average Bonchev–Trinajstić information content (AvgIpc) is 3.49. The molecule has 0 radical (unpaired) electrons. The largest absolute Gasteiger partial charge is 0.368 e. The number of piperazine rings is 1. The van der Waals surface area contributed by atoms with Crippen LogP contribution in [0, 0.1) is 5.41 Å². The molecule has 8 rings (SSSR count). The van der Waals surface area contributed by atoms with Crippen molar-refractivity contribution in [2.24, 2.45) is 5.41 Å². The lowest BCUT2D eigenvalue weighted by atomic mass is 9.52. The molecule has 1 aliphatic heterocycles. The number of nitrogens with one attached hydrogen (secondary N) is 1. The molecule has 8 heteroatoms. The van der Waals surface area contributed by atoms with Crippen LogP contribution in [-0.4, -0.2) is 53.7 Å². The Kier molecular flexibility index (Phi) is 6.23. The first-order valence-electron chi connectivity index (χ1n) is 14.0. The van der Waals surface area contributed by atoms with Gasteiger partial charge in [-0.05, 0) is 47.7 Å². The van der Waals surface area contributed by atoms with Gasteiger partial charge in [0.2, 0.25) is 5.91 Å². The Morgan fingerprint density at radius 2 is 1.41 bits per heavy atom. The lowest BCUT2D eigenvalue weighted by Gasteiger charge is -2.50. The summed E-state index contributed by atoms with van der Waals surface area (Å²) in [4.78, 5) is 48.2. The number of aromatic nitrogens is 1. The molecule has 1 aromatic heterocycles. The number of para-hydroxylation sites is 1. The minimum Gasteiger partial charge on any atom is -0.368 e. The minimum absolute atomic E-state index is 0.0721. The SMILES string of the molecule is CC1(C(=O)Nc2nc(C(=O)C(=O)N3CCN(c4ccccc4)CC3)cs2)CC2c3ccccc3C1c1ccccc12. The fourth-order valence-corrected chi connectivity index (χ4v) is 7.61. The van der Waals surface area contributed by atoms with Crippen LogP contribution in [0.5, 0.6) is 0 Å². The fourth-order valence-electron chi connectivity index (χ4n) is 6.92. The van der Waals surface area contributed by atoms with Crippen molar-refractivity contribution in [3.05, 3.63) is 112 Å². The molecular weight excluding hydrogens is 532 g/mol. The molecular formula is C33H30N4O3S. The zero-order valence-corrected chi connectivity index (χ0v) is 23.6. The van der Waals surface area contributed by atoms with E-state index in [9.17, 15) is 14.4 Å². The van der Waals surface area contributed by atoms with E-state index in [1.54, 1.807) is 10.3 Å². The molecule has 7 nitrogen and oxygen atoms in total. The monoisotopic (exact) mass is 562 g/mol. The highest BCUT2D eigenvalue weighted by molar-refractivity contribution is 7.14. The smallest absolute Gasteiger partial charge is 0.296 e. The van der Waals surface area contributed by atoms with Crippen LogP contribution in [0.15, 0.2) is 84.2 Å². The van der Waals surface area contributed by atoms with Gasteiger partial charge < -0.3 is 15.1 Å². The molecule has 1 saturated heterocycles. The van der Waals surface area contributed by atoms with Crippen LogP contribution in [0.1, 0.15) is 57.9 Å². The van der Waals surface area contributed by atoms with Gasteiger partial charge in [0.05, 0.1) is 5.41 Å². The van der Waals surface area contributed by atoms with Crippen molar-refractivity contribution in [2.45, 2.75) is 25.2 Å². The molecule has 1 fully saturated rings. The van der Waals surface area contributed by atoms with E-state index in [-0.39, 0.29) is 23.4 Å². The number of rotatable bonds is 5. The summed E-state index contributed by atoms with van der Waals surface area (Å²) in [6.07, 6.45) is 0.697. The summed E-state index contributed by atoms with van der Waals surface area (Å²) in [5, 5.41) is 4.90. The second kappa shape index (κ2) is 9.96. The summed E-state index contributed by atoms with van der Waals surface area (Å²) < 4.78 is 0. The van der Waals surface area contributed by atoms with Gasteiger partial charge in [0, 0.05) is 49.1 Å². The maximum Gasteiger partial charge on any atom is 0.296 e. The quantitative estimate of drug-likeness (QED) is 0.264. The molecule has 41 heavy (non-hydrogen) atoms. The molecule has 0 saturated carbocycles. The summed E-state index contributed by atoms with van der Waals surface area (Å²) in [5.74, 6) is -1.23. The summed E-state index contributed by atoms with van der Waals surface area (Å²) in [7, 11) is 0. The van der Waals surface area contributed by atoms with Gasteiger partial charge in [-0.2, -0.15) is 0 Å². The van der Waals surface area contributed by atoms with Gasteiger partial charge in [-0.3, -0.25) is 14.4 Å². The summed E-state index contributed by atoms with van der Waals surface area (Å²) in [6.45, 7) is 4.29. The Bertz CT molecular complexity index is 1610. The molecule has 2 amide bonds. The number of hydrogen-bond acceptors (Lipinski definition) is 6. The highest BCUT2D eigenvalue weighted by atomic mass is 32.1. The lowest BCUT2D eigenvalue weighted by molar-refractivity contribution is -0.127. The third-order valence-corrected chi connectivity index (χ3v) is 9.75. The standard InChI is InChI=1S/C33H30N4O3S/c1-33(19-26-22-11-5-7-13-24(22)28(33)25-14-8-6-12-23(25)26)31(40)35-32-34-27(20-41-32)29(38)30(39)37-17-15-36(16-18-37)21-9-3-2-4-10-21/h2-14,20,26,28H,15-19H2,1H3,(H,34,35,40). The number of carbonyl (C=O) groups is 3. The molecule has 3 aliphatic carbocycles. The van der Waals surface area contributed by atoms with Crippen molar-refractivity contribution in [2.75, 3.05) is 36.4 Å². The van der Waals surface area contributed by atoms with Crippen LogP contribution in [0.2, 0.25) is 0 Å². The Morgan fingerprint density at radius 3 is 2.05 bits per heavy atom. The van der Waals surface area contributed by atoms with E-state index in [0.717, 1.165) is 5.69 Å². The van der Waals surface area contributed by atoms with Crippen LogP contribution in [-0.2, 0) is 9.59 Å². The van der Waals surface area contributed by atoms with E-state index < -0.39 is 17.1 Å². The normalized spacial score (nSPS) is 22.6. The van der Waals surface area contributed by atoms with E-state index in [1.165, 1.54) is 33.6 Å². The third-order valence-electron chi connectivity index (χ3n) is 8.99. The van der Waals surface area contributed by atoms with Crippen molar-refractivity contribution >= 4 is 39.8 Å². The number of anilines is 2. The predicted octanol–water partition coefficient (Wildman–Crippen LogP) is 5.30. The van der Waals surface area contributed by atoms with Crippen LogP contribution < -0.4 is 10.2 Å². The number of hydrogen-bond donors (Lipinski definition) is 1. The Labute approximate surface area is 242 Å². The Balaban J connectivity index is 1.05. The number of benzene rings is 3. The molecule has 4 aliphatic rings. The maximum atomic E-state index is 13.9. The summed E-state index contributed by atoms with van der Waals surface area (Å²) in [5.41, 5.74) is 5.50. The second-order valence-corrected chi connectivity index (χ2v) is 12.2. The van der Waals surface area contributed by atoms with E-state index in [1.807, 2.05) is 49.4 Å². The molecule has 206 valence electrons. The highest BCUT2D eigenvalue weighted by Crippen LogP contribution is 2.61. The number of ketones is 1. The first kappa shape index (κ1) is 25.7. The first-order chi connectivity index (χ1) is 19.9. The number of carbonyl (C=O) groups excluding carboxylic acids is 3. The lowest BCUT2D eigenvalue weighted by Crippen LogP contribution is -2.50. The first-order valence-corrected chi connectivity index (χ1v) is 14.9. The van der Waals surface area contributed by atoms with Gasteiger partial charge in [-0.15, -0.1) is 11.3 Å². The van der Waals surface area contributed by atoms with Crippen LogP contribution in [0.25, 0.3) is 0 Å². The van der Waals surface area contributed by atoms with E-state index >= 15 is 0 Å². The number of nitrogens with zero attached hydrogens (tertiary/aromatic N) is 3. The van der Waals surface area contributed by atoms with E-state index in [2.05, 4.69) is 51.6 Å². The van der Waals surface area contributed by atoms with Crippen LogP contribution >= 0.6 is 11.3 Å². The summed E-state index contributed by atoms with van der Waals surface area (Å²) in [6, 6.07) is 26.9. The van der Waals surface area contributed by atoms with E-state index in [4.69, 9.17) is 0 Å². The Hall–Kier alpha value is -4.30. The molecule has 1 atom stereocenters. The van der Waals surface area contributed by atoms with Gasteiger partial charge in [0.25, 0.3) is 11.7 Å². The topological polar surface area (TPSA) is 82.6 Å². The number of thiazole rings is 1. The molecule has 0 spiro atoms. The number of fused-ring (bicyclic) bond motifs is 1. The second-order valence-electron chi connectivity index (χ2n) is 11.3. The van der Waals surface area contributed by atoms with Crippen LogP contribution in [0.4, 0.5) is 10.8 Å². The Morgan fingerprint density at radius 1 is 0.829 bits per heavy atom. The molecule has 2 bridgehead atoms. The highest BCUT2D eigenvalue weighted by Gasteiger charge is 2.54. The van der Waals surface area contributed by atoms with Gasteiger partial charge in [-0.25, -0.2) is 4.98 Å². The molecule has 3 aromatic carbocycles.